The van der Waals surface area contributed by atoms with E-state index in [1.54, 1.807) is 24.3 Å². The predicted octanol–water partition coefficient (Wildman–Crippen LogP) is 3.50. The van der Waals surface area contributed by atoms with Gasteiger partial charge in [-0.15, -0.1) is 0 Å². The minimum absolute atomic E-state index is 0.216. The zero-order valence-corrected chi connectivity index (χ0v) is 12.2. The average molecular weight is 299 g/mol. The number of rotatable bonds is 5. The van der Waals surface area contributed by atoms with E-state index in [-0.39, 0.29) is 19.2 Å². The molecule has 0 aliphatic rings. The number of ether oxygens (including phenoxy) is 2. The first-order valence-electron chi connectivity index (χ1n) is 6.83. The number of benzene rings is 2. The van der Waals surface area contributed by atoms with Gasteiger partial charge in [0.2, 0.25) is 0 Å². The second kappa shape index (κ2) is 7.83. The van der Waals surface area contributed by atoms with Gasteiger partial charge in [-0.2, -0.15) is 0 Å². The van der Waals surface area contributed by atoms with Crippen LogP contribution in [0.4, 0.5) is 10.5 Å². The fraction of sp³-hybridized carbons (Fsp3) is 0.176. The Morgan fingerprint density at radius 3 is 2.09 bits per heavy atom. The van der Waals surface area contributed by atoms with Crippen LogP contribution in [0.25, 0.3) is 0 Å². The lowest BCUT2D eigenvalue weighted by molar-refractivity contribution is -0.142. The van der Waals surface area contributed by atoms with Crippen molar-refractivity contribution in [3.05, 3.63) is 65.7 Å². The molecule has 1 amide bonds. The first kappa shape index (κ1) is 15.6. The largest absolute Gasteiger partial charge is 0.461 e. The lowest BCUT2D eigenvalue weighted by Gasteiger charge is -2.08. The van der Waals surface area contributed by atoms with Gasteiger partial charge in [0, 0.05) is 12.6 Å². The first-order chi connectivity index (χ1) is 10.6. The lowest BCUT2D eigenvalue weighted by atomic mass is 10.2. The van der Waals surface area contributed by atoms with Crippen molar-refractivity contribution in [1.29, 1.82) is 0 Å². The summed E-state index contributed by atoms with van der Waals surface area (Å²) in [7, 11) is 0. The Balaban J connectivity index is 1.80. The van der Waals surface area contributed by atoms with Crippen molar-refractivity contribution in [3.8, 4) is 0 Å². The maximum Gasteiger partial charge on any atom is 0.411 e. The van der Waals surface area contributed by atoms with Crippen molar-refractivity contribution >= 4 is 17.7 Å². The van der Waals surface area contributed by atoms with Crippen LogP contribution < -0.4 is 5.32 Å². The zero-order valence-electron chi connectivity index (χ0n) is 12.2. The van der Waals surface area contributed by atoms with Crippen molar-refractivity contribution in [3.63, 3.8) is 0 Å². The second-order valence-electron chi connectivity index (χ2n) is 4.66. The zero-order chi connectivity index (χ0) is 15.8. The molecule has 0 spiro atoms. The summed E-state index contributed by atoms with van der Waals surface area (Å²) in [6, 6.07) is 16.4. The number of hydrogen-bond acceptors (Lipinski definition) is 4. The van der Waals surface area contributed by atoms with E-state index >= 15 is 0 Å². The second-order valence-corrected chi connectivity index (χ2v) is 4.66. The first-order valence-corrected chi connectivity index (χ1v) is 6.83. The SMILES string of the molecule is CC(=O)OCc1ccc(NC(=O)OCc2ccccc2)cc1. The highest BCUT2D eigenvalue weighted by Crippen LogP contribution is 2.11. The van der Waals surface area contributed by atoms with Crippen molar-refractivity contribution < 1.29 is 19.1 Å². The standard InChI is InChI=1S/C17H17NO4/c1-13(19)21-11-15-7-9-16(10-8-15)18-17(20)22-12-14-5-3-2-4-6-14/h2-10H,11-12H2,1H3,(H,18,20). The summed E-state index contributed by atoms with van der Waals surface area (Å²) < 4.78 is 10.0. The summed E-state index contributed by atoms with van der Waals surface area (Å²) in [6.07, 6.45) is -0.517. The lowest BCUT2D eigenvalue weighted by Crippen LogP contribution is -2.13. The molecular formula is C17H17NO4. The normalized spacial score (nSPS) is 9.86. The van der Waals surface area contributed by atoms with Gasteiger partial charge in [0.1, 0.15) is 13.2 Å². The van der Waals surface area contributed by atoms with Crippen LogP contribution in [0, 0.1) is 0 Å². The van der Waals surface area contributed by atoms with E-state index in [4.69, 9.17) is 9.47 Å². The van der Waals surface area contributed by atoms with Crippen LogP contribution in [0.5, 0.6) is 0 Å². The Bertz CT molecular complexity index is 623. The molecule has 5 heteroatoms. The average Bonchev–Trinajstić information content (AvgIpc) is 2.53. The molecule has 0 aliphatic carbocycles. The molecule has 0 saturated carbocycles. The monoisotopic (exact) mass is 299 g/mol. The van der Waals surface area contributed by atoms with Gasteiger partial charge in [-0.05, 0) is 23.3 Å². The molecule has 2 aromatic rings. The molecule has 0 aliphatic heterocycles. The van der Waals surface area contributed by atoms with Crippen LogP contribution >= 0.6 is 0 Å². The maximum absolute atomic E-state index is 11.7. The van der Waals surface area contributed by atoms with Gasteiger partial charge in [-0.25, -0.2) is 4.79 Å². The fourth-order valence-corrected chi connectivity index (χ4v) is 1.75. The number of anilines is 1. The third kappa shape index (κ3) is 5.28. The molecule has 2 rings (SSSR count). The summed E-state index contributed by atoms with van der Waals surface area (Å²) in [5.74, 6) is -0.327. The molecule has 0 fully saturated rings. The van der Waals surface area contributed by atoms with E-state index in [0.29, 0.717) is 5.69 Å². The quantitative estimate of drug-likeness (QED) is 0.858. The van der Waals surface area contributed by atoms with Crippen LogP contribution in [0.2, 0.25) is 0 Å². The van der Waals surface area contributed by atoms with Crippen LogP contribution in [0.1, 0.15) is 18.1 Å². The van der Waals surface area contributed by atoms with E-state index in [9.17, 15) is 9.59 Å². The number of amides is 1. The third-order valence-corrected chi connectivity index (χ3v) is 2.86. The molecule has 0 radical (unpaired) electrons. The molecule has 5 nitrogen and oxygen atoms in total. The van der Waals surface area contributed by atoms with Gasteiger partial charge in [-0.1, -0.05) is 42.5 Å². The van der Waals surface area contributed by atoms with Crippen molar-refractivity contribution in [2.75, 3.05) is 5.32 Å². The maximum atomic E-state index is 11.7. The van der Waals surface area contributed by atoms with Crippen molar-refractivity contribution in [2.24, 2.45) is 0 Å². The smallest absolute Gasteiger partial charge is 0.411 e. The van der Waals surface area contributed by atoms with Gasteiger partial charge in [-0.3, -0.25) is 10.1 Å². The van der Waals surface area contributed by atoms with Gasteiger partial charge >= 0.3 is 12.1 Å². The Morgan fingerprint density at radius 1 is 0.864 bits per heavy atom. The Labute approximate surface area is 128 Å². The third-order valence-electron chi connectivity index (χ3n) is 2.86. The van der Waals surface area contributed by atoms with E-state index in [2.05, 4.69) is 5.32 Å². The summed E-state index contributed by atoms with van der Waals surface area (Å²) in [4.78, 5) is 22.4. The van der Waals surface area contributed by atoms with Gasteiger partial charge < -0.3 is 9.47 Å². The molecular weight excluding hydrogens is 282 g/mol. The molecule has 0 saturated heterocycles. The minimum Gasteiger partial charge on any atom is -0.461 e. The molecule has 2 aromatic carbocycles. The summed E-state index contributed by atoms with van der Waals surface area (Å²) >= 11 is 0. The van der Waals surface area contributed by atoms with E-state index in [1.165, 1.54) is 6.92 Å². The van der Waals surface area contributed by atoms with Crippen LogP contribution in [0.15, 0.2) is 54.6 Å². The van der Waals surface area contributed by atoms with E-state index in [0.717, 1.165) is 11.1 Å². The van der Waals surface area contributed by atoms with Crippen molar-refractivity contribution in [2.45, 2.75) is 20.1 Å². The number of esters is 1. The van der Waals surface area contributed by atoms with E-state index < -0.39 is 6.09 Å². The highest BCUT2D eigenvalue weighted by Gasteiger charge is 2.04. The Hall–Kier alpha value is -2.82. The highest BCUT2D eigenvalue weighted by molar-refractivity contribution is 5.84. The summed E-state index contributed by atoms with van der Waals surface area (Å²) in [6.45, 7) is 1.80. The summed E-state index contributed by atoms with van der Waals surface area (Å²) in [5, 5.41) is 2.64. The fourth-order valence-electron chi connectivity index (χ4n) is 1.75. The Kier molecular flexibility index (Phi) is 5.54. The molecule has 22 heavy (non-hydrogen) atoms. The van der Waals surface area contributed by atoms with Crippen LogP contribution in [-0.2, 0) is 27.5 Å². The number of nitrogens with one attached hydrogen (secondary N) is 1. The Morgan fingerprint density at radius 2 is 1.45 bits per heavy atom. The molecule has 114 valence electrons. The molecule has 0 bridgehead atoms. The molecule has 0 unspecified atom stereocenters. The van der Waals surface area contributed by atoms with Gasteiger partial charge in [0.05, 0.1) is 0 Å². The topological polar surface area (TPSA) is 64.6 Å². The van der Waals surface area contributed by atoms with Gasteiger partial charge in [0.15, 0.2) is 0 Å². The molecule has 0 atom stereocenters. The molecule has 0 heterocycles. The van der Waals surface area contributed by atoms with Crippen LogP contribution in [0.3, 0.4) is 0 Å². The van der Waals surface area contributed by atoms with Crippen LogP contribution in [-0.4, -0.2) is 12.1 Å². The number of carbonyl (C=O) groups excluding carboxylic acids is 2. The minimum atomic E-state index is -0.517. The predicted molar refractivity (Wildman–Crippen MR) is 82.2 cm³/mol. The number of hydrogen-bond donors (Lipinski definition) is 1. The van der Waals surface area contributed by atoms with Crippen molar-refractivity contribution in [1.82, 2.24) is 0 Å². The molecule has 1 N–H and O–H groups in total. The summed E-state index contributed by atoms with van der Waals surface area (Å²) in [5.41, 5.74) is 2.39. The number of carbonyl (C=O) groups is 2. The van der Waals surface area contributed by atoms with Gasteiger partial charge in [0.25, 0.3) is 0 Å². The molecule has 0 aromatic heterocycles. The van der Waals surface area contributed by atoms with E-state index in [1.807, 2.05) is 30.3 Å². The highest BCUT2D eigenvalue weighted by atomic mass is 16.5.